The Morgan fingerprint density at radius 1 is 1.12 bits per heavy atom. The van der Waals surface area contributed by atoms with E-state index in [9.17, 15) is 4.79 Å². The maximum absolute atomic E-state index is 12.0. The quantitative estimate of drug-likeness (QED) is 0.825. The smallest absolute Gasteiger partial charge is 0.244 e. The molecule has 0 radical (unpaired) electrons. The van der Waals surface area contributed by atoms with Gasteiger partial charge in [-0.1, -0.05) is 60.7 Å². The van der Waals surface area contributed by atoms with Gasteiger partial charge >= 0.3 is 0 Å². The Balaban J connectivity index is 1.43. The highest BCUT2D eigenvalue weighted by molar-refractivity contribution is 5.91. The van der Waals surface area contributed by atoms with Crippen LogP contribution in [0.5, 0.6) is 0 Å². The molecule has 0 aliphatic carbocycles. The van der Waals surface area contributed by atoms with Gasteiger partial charge in [0.15, 0.2) is 0 Å². The molecule has 1 fully saturated rings. The number of nitrogens with zero attached hydrogens (tertiary/aromatic N) is 1. The third kappa shape index (κ3) is 5.85. The van der Waals surface area contributed by atoms with Crippen LogP contribution in [-0.4, -0.2) is 43.2 Å². The molecule has 1 N–H and O–H groups in total. The summed E-state index contributed by atoms with van der Waals surface area (Å²) < 4.78 is 5.78. The Bertz CT molecular complexity index is 686. The molecule has 0 saturated carbocycles. The normalized spacial score (nSPS) is 18.3. The first-order valence-electron chi connectivity index (χ1n) is 8.68. The largest absolute Gasteiger partial charge is 0.374 e. The number of carbonyl (C=O) groups is 1. The summed E-state index contributed by atoms with van der Waals surface area (Å²) in [7, 11) is 0. The predicted molar refractivity (Wildman–Crippen MR) is 99.9 cm³/mol. The zero-order valence-corrected chi connectivity index (χ0v) is 14.3. The van der Waals surface area contributed by atoms with Crippen LogP contribution in [0.4, 0.5) is 0 Å². The molecule has 4 nitrogen and oxygen atoms in total. The minimum atomic E-state index is -0.0902. The molecule has 1 amide bonds. The van der Waals surface area contributed by atoms with E-state index in [2.05, 4.69) is 34.5 Å². The lowest BCUT2D eigenvalue weighted by Gasteiger charge is -2.33. The van der Waals surface area contributed by atoms with Gasteiger partial charge in [-0.3, -0.25) is 9.69 Å². The van der Waals surface area contributed by atoms with Crippen molar-refractivity contribution in [1.82, 2.24) is 10.2 Å². The molecule has 1 unspecified atom stereocenters. The lowest BCUT2D eigenvalue weighted by molar-refractivity contribution is -0.117. The number of morpholine rings is 1. The maximum Gasteiger partial charge on any atom is 0.244 e. The van der Waals surface area contributed by atoms with E-state index < -0.39 is 0 Å². The van der Waals surface area contributed by atoms with E-state index in [-0.39, 0.29) is 12.0 Å². The molecule has 3 rings (SSSR count). The molecular weight excluding hydrogens is 312 g/mol. The van der Waals surface area contributed by atoms with E-state index in [0.29, 0.717) is 13.2 Å². The van der Waals surface area contributed by atoms with Crippen LogP contribution >= 0.6 is 0 Å². The third-order valence-electron chi connectivity index (χ3n) is 4.20. The molecule has 1 aliphatic heterocycles. The SMILES string of the molecule is O=C(/C=C/c1ccccc1)NCC1CN(Cc2ccccc2)CCO1. The highest BCUT2D eigenvalue weighted by Crippen LogP contribution is 2.10. The molecule has 0 bridgehead atoms. The van der Waals surface area contributed by atoms with E-state index in [4.69, 9.17) is 4.74 Å². The summed E-state index contributed by atoms with van der Waals surface area (Å²) in [5.41, 5.74) is 2.32. The lowest BCUT2D eigenvalue weighted by atomic mass is 10.2. The van der Waals surface area contributed by atoms with Crippen molar-refractivity contribution in [2.75, 3.05) is 26.2 Å². The summed E-state index contributed by atoms with van der Waals surface area (Å²) >= 11 is 0. The lowest BCUT2D eigenvalue weighted by Crippen LogP contribution is -2.46. The second-order valence-electron chi connectivity index (χ2n) is 6.20. The molecule has 2 aromatic carbocycles. The van der Waals surface area contributed by atoms with E-state index in [1.807, 2.05) is 42.5 Å². The average molecular weight is 336 g/mol. The minimum Gasteiger partial charge on any atom is -0.374 e. The van der Waals surface area contributed by atoms with Gasteiger partial charge in [0, 0.05) is 32.3 Å². The number of hydrogen-bond acceptors (Lipinski definition) is 3. The molecule has 2 aromatic rings. The summed E-state index contributed by atoms with van der Waals surface area (Å²) in [4.78, 5) is 14.3. The fraction of sp³-hybridized carbons (Fsp3) is 0.286. The van der Waals surface area contributed by atoms with Gasteiger partial charge in [-0.25, -0.2) is 0 Å². The first-order chi connectivity index (χ1) is 12.3. The van der Waals surface area contributed by atoms with E-state index in [1.165, 1.54) is 5.56 Å². The van der Waals surface area contributed by atoms with Crippen molar-refractivity contribution in [2.24, 2.45) is 0 Å². The zero-order valence-electron chi connectivity index (χ0n) is 14.3. The van der Waals surface area contributed by atoms with Gasteiger partial charge in [-0.05, 0) is 17.2 Å². The molecule has 25 heavy (non-hydrogen) atoms. The molecule has 1 heterocycles. The number of amides is 1. The molecule has 0 aromatic heterocycles. The average Bonchev–Trinajstić information content (AvgIpc) is 2.67. The van der Waals surface area contributed by atoms with Gasteiger partial charge in [0.1, 0.15) is 0 Å². The van der Waals surface area contributed by atoms with Crippen molar-refractivity contribution in [2.45, 2.75) is 12.6 Å². The van der Waals surface area contributed by atoms with Crippen molar-refractivity contribution in [3.8, 4) is 0 Å². The zero-order chi connectivity index (χ0) is 17.3. The predicted octanol–water partition coefficient (Wildman–Crippen LogP) is 2.72. The highest BCUT2D eigenvalue weighted by atomic mass is 16.5. The second kappa shape index (κ2) is 9.16. The van der Waals surface area contributed by atoms with Crippen LogP contribution < -0.4 is 5.32 Å². The monoisotopic (exact) mass is 336 g/mol. The summed E-state index contributed by atoms with van der Waals surface area (Å²) in [5.74, 6) is -0.0902. The van der Waals surface area contributed by atoms with Crippen LogP contribution in [0.25, 0.3) is 6.08 Å². The van der Waals surface area contributed by atoms with Gasteiger partial charge in [-0.2, -0.15) is 0 Å². The second-order valence-corrected chi connectivity index (χ2v) is 6.20. The van der Waals surface area contributed by atoms with Crippen molar-refractivity contribution < 1.29 is 9.53 Å². The van der Waals surface area contributed by atoms with E-state index in [0.717, 1.165) is 25.2 Å². The number of hydrogen-bond donors (Lipinski definition) is 1. The Morgan fingerprint density at radius 3 is 2.60 bits per heavy atom. The number of nitrogens with one attached hydrogen (secondary N) is 1. The highest BCUT2D eigenvalue weighted by Gasteiger charge is 2.20. The Hall–Kier alpha value is -2.43. The first-order valence-corrected chi connectivity index (χ1v) is 8.68. The van der Waals surface area contributed by atoms with Gasteiger partial charge < -0.3 is 10.1 Å². The Morgan fingerprint density at radius 2 is 1.84 bits per heavy atom. The molecule has 130 valence electrons. The fourth-order valence-corrected chi connectivity index (χ4v) is 2.90. The summed E-state index contributed by atoms with van der Waals surface area (Å²) in [6, 6.07) is 20.2. The van der Waals surface area contributed by atoms with Crippen LogP contribution in [0.2, 0.25) is 0 Å². The van der Waals surface area contributed by atoms with E-state index >= 15 is 0 Å². The van der Waals surface area contributed by atoms with Crippen LogP contribution in [0.15, 0.2) is 66.7 Å². The van der Waals surface area contributed by atoms with Crippen LogP contribution in [-0.2, 0) is 16.1 Å². The van der Waals surface area contributed by atoms with Crippen molar-refractivity contribution in [3.63, 3.8) is 0 Å². The van der Waals surface area contributed by atoms with Crippen molar-refractivity contribution in [3.05, 3.63) is 77.9 Å². The third-order valence-corrected chi connectivity index (χ3v) is 4.20. The van der Waals surface area contributed by atoms with Gasteiger partial charge in [-0.15, -0.1) is 0 Å². The maximum atomic E-state index is 12.0. The topological polar surface area (TPSA) is 41.6 Å². The molecule has 0 spiro atoms. The molecule has 1 saturated heterocycles. The standard InChI is InChI=1S/C21H24N2O2/c24-21(12-11-18-7-3-1-4-8-18)22-15-20-17-23(13-14-25-20)16-19-9-5-2-6-10-19/h1-12,20H,13-17H2,(H,22,24)/b12-11+. The number of carbonyl (C=O) groups excluding carboxylic acids is 1. The fourth-order valence-electron chi connectivity index (χ4n) is 2.90. The number of rotatable bonds is 6. The summed E-state index contributed by atoms with van der Waals surface area (Å²) in [6.07, 6.45) is 3.42. The van der Waals surface area contributed by atoms with Gasteiger partial charge in [0.05, 0.1) is 12.7 Å². The van der Waals surface area contributed by atoms with E-state index in [1.54, 1.807) is 6.08 Å². The van der Waals surface area contributed by atoms with Gasteiger partial charge in [0.2, 0.25) is 5.91 Å². The molecule has 4 heteroatoms. The molecule has 1 atom stereocenters. The molecule has 1 aliphatic rings. The van der Waals surface area contributed by atoms with Gasteiger partial charge in [0.25, 0.3) is 0 Å². The minimum absolute atomic E-state index is 0.0338. The summed E-state index contributed by atoms with van der Waals surface area (Å²) in [6.45, 7) is 3.91. The Labute approximate surface area is 149 Å². The molecular formula is C21H24N2O2. The first kappa shape index (κ1) is 17.4. The van der Waals surface area contributed by atoms with Crippen molar-refractivity contribution >= 4 is 12.0 Å². The summed E-state index contributed by atoms with van der Waals surface area (Å²) in [5, 5.41) is 2.93. The number of benzene rings is 2. The Kier molecular flexibility index (Phi) is 6.37. The van der Waals surface area contributed by atoms with Crippen molar-refractivity contribution in [1.29, 1.82) is 0 Å². The van der Waals surface area contributed by atoms with Crippen LogP contribution in [0, 0.1) is 0 Å². The van der Waals surface area contributed by atoms with Crippen LogP contribution in [0.1, 0.15) is 11.1 Å². The van der Waals surface area contributed by atoms with Crippen LogP contribution in [0.3, 0.4) is 0 Å². The number of ether oxygens (including phenoxy) is 1.